The molecular weight excluding hydrogens is 308 g/mol. The lowest BCUT2D eigenvalue weighted by Gasteiger charge is -2.14. The second kappa shape index (κ2) is 5.58. The number of hydrogen-bond donors (Lipinski definition) is 2. The van der Waals surface area contributed by atoms with E-state index >= 15 is 0 Å². The Morgan fingerprint density at radius 2 is 1.62 bits per heavy atom. The minimum Gasteiger partial charge on any atom is -0.397 e. The first-order valence-corrected chi connectivity index (χ1v) is 8.22. The van der Waals surface area contributed by atoms with Crippen molar-refractivity contribution in [1.82, 2.24) is 0 Å². The number of nitrogen functional groups attached to an aromatic ring is 1. The first-order valence-electron chi connectivity index (χ1n) is 6.36. The molecule has 0 aliphatic rings. The highest BCUT2D eigenvalue weighted by molar-refractivity contribution is 7.92. The van der Waals surface area contributed by atoms with Crippen LogP contribution < -0.4 is 10.5 Å². The smallest absolute Gasteiger partial charge is 0.261 e. The molecule has 0 aliphatic heterocycles. The zero-order chi connectivity index (χ0) is 15.8. The van der Waals surface area contributed by atoms with Crippen LogP contribution in [-0.4, -0.2) is 8.42 Å². The van der Waals surface area contributed by atoms with Gasteiger partial charge in [0.2, 0.25) is 0 Å². The Hall–Kier alpha value is -1.72. The molecule has 21 heavy (non-hydrogen) atoms. The highest BCUT2D eigenvalue weighted by Gasteiger charge is 2.17. The molecule has 0 fully saturated rings. The maximum atomic E-state index is 12.4. The van der Waals surface area contributed by atoms with Crippen LogP contribution in [0.15, 0.2) is 35.2 Å². The van der Waals surface area contributed by atoms with E-state index < -0.39 is 10.0 Å². The van der Waals surface area contributed by atoms with Crippen molar-refractivity contribution in [2.24, 2.45) is 0 Å². The van der Waals surface area contributed by atoms with Gasteiger partial charge in [0.1, 0.15) is 0 Å². The van der Waals surface area contributed by atoms with Gasteiger partial charge >= 0.3 is 0 Å². The van der Waals surface area contributed by atoms with Crippen molar-refractivity contribution in [3.63, 3.8) is 0 Å². The number of halogens is 1. The molecule has 0 saturated heterocycles. The Balaban J connectivity index is 2.44. The molecule has 0 saturated carbocycles. The average Bonchev–Trinajstić information content (AvgIpc) is 2.37. The summed E-state index contributed by atoms with van der Waals surface area (Å²) in [5, 5.41) is 0.330. The quantitative estimate of drug-likeness (QED) is 0.846. The molecule has 2 aromatic carbocycles. The van der Waals surface area contributed by atoms with Gasteiger partial charge in [-0.2, -0.15) is 0 Å². The summed E-state index contributed by atoms with van der Waals surface area (Å²) in [5.41, 5.74) is 9.32. The van der Waals surface area contributed by atoms with Crippen LogP contribution in [0.1, 0.15) is 16.7 Å². The van der Waals surface area contributed by atoms with Crippen molar-refractivity contribution in [2.45, 2.75) is 25.7 Å². The largest absolute Gasteiger partial charge is 0.397 e. The molecule has 0 aliphatic carbocycles. The normalized spacial score (nSPS) is 11.4. The molecule has 0 radical (unpaired) electrons. The van der Waals surface area contributed by atoms with Crippen LogP contribution in [0.5, 0.6) is 0 Å². The van der Waals surface area contributed by atoms with Gasteiger partial charge in [-0.15, -0.1) is 0 Å². The summed E-state index contributed by atoms with van der Waals surface area (Å²) < 4.78 is 27.5. The molecule has 2 rings (SSSR count). The summed E-state index contributed by atoms with van der Waals surface area (Å²) in [6.07, 6.45) is 0. The predicted octanol–water partition coefficient (Wildman–Crippen LogP) is 3.65. The average molecular weight is 325 g/mol. The van der Waals surface area contributed by atoms with E-state index in [2.05, 4.69) is 4.72 Å². The van der Waals surface area contributed by atoms with Crippen molar-refractivity contribution in [1.29, 1.82) is 0 Å². The summed E-state index contributed by atoms with van der Waals surface area (Å²) in [4.78, 5) is 0.0868. The lowest BCUT2D eigenvalue weighted by molar-refractivity contribution is 0.601. The number of anilines is 2. The number of hydrogen-bond acceptors (Lipinski definition) is 3. The summed E-state index contributed by atoms with van der Waals surface area (Å²) >= 11 is 5.82. The molecule has 0 unspecified atom stereocenters. The van der Waals surface area contributed by atoms with Gasteiger partial charge in [0.25, 0.3) is 10.0 Å². The Morgan fingerprint density at radius 1 is 1.05 bits per heavy atom. The molecule has 0 bridgehead atoms. The van der Waals surface area contributed by atoms with Gasteiger partial charge in [-0.3, -0.25) is 4.72 Å². The second-order valence-electron chi connectivity index (χ2n) is 5.06. The first-order chi connectivity index (χ1) is 9.70. The van der Waals surface area contributed by atoms with E-state index in [9.17, 15) is 8.42 Å². The molecule has 0 aromatic heterocycles. The van der Waals surface area contributed by atoms with Crippen LogP contribution in [0.2, 0.25) is 5.02 Å². The van der Waals surface area contributed by atoms with Gasteiger partial charge in [-0.25, -0.2) is 8.42 Å². The van der Waals surface area contributed by atoms with Crippen molar-refractivity contribution in [3.8, 4) is 0 Å². The fourth-order valence-electron chi connectivity index (χ4n) is 2.22. The molecule has 0 heterocycles. The number of sulfonamides is 1. The Morgan fingerprint density at radius 3 is 2.14 bits per heavy atom. The predicted molar refractivity (Wildman–Crippen MR) is 87.3 cm³/mol. The number of nitrogens with two attached hydrogens (primary N) is 1. The summed E-state index contributed by atoms with van der Waals surface area (Å²) in [7, 11) is -3.70. The monoisotopic (exact) mass is 324 g/mol. The number of benzene rings is 2. The standard InChI is InChI=1S/C15H17ClN2O2S/c1-9-6-10(2)15(11(3)7-9)18-21(19,20)12-4-5-13(16)14(17)8-12/h4-8,18H,17H2,1-3H3. The topological polar surface area (TPSA) is 72.2 Å². The van der Waals surface area contributed by atoms with Gasteiger partial charge in [0.05, 0.1) is 21.3 Å². The van der Waals surface area contributed by atoms with E-state index in [-0.39, 0.29) is 10.6 Å². The Bertz CT molecular complexity index is 778. The van der Waals surface area contributed by atoms with Crippen LogP contribution in [-0.2, 0) is 10.0 Å². The third kappa shape index (κ3) is 3.31. The molecular formula is C15H17ClN2O2S. The molecule has 3 N–H and O–H groups in total. The zero-order valence-corrected chi connectivity index (χ0v) is 13.6. The van der Waals surface area contributed by atoms with Gasteiger partial charge in [0.15, 0.2) is 0 Å². The minimum absolute atomic E-state index is 0.0868. The maximum Gasteiger partial charge on any atom is 0.261 e. The molecule has 112 valence electrons. The van der Waals surface area contributed by atoms with E-state index in [0.717, 1.165) is 16.7 Å². The summed E-state index contributed by atoms with van der Waals surface area (Å²) in [5.74, 6) is 0. The third-order valence-electron chi connectivity index (χ3n) is 3.19. The van der Waals surface area contributed by atoms with Crippen molar-refractivity contribution >= 4 is 33.0 Å². The first kappa shape index (κ1) is 15.7. The lowest BCUT2D eigenvalue weighted by Crippen LogP contribution is -2.15. The molecule has 0 spiro atoms. The second-order valence-corrected chi connectivity index (χ2v) is 7.15. The van der Waals surface area contributed by atoms with E-state index in [1.165, 1.54) is 18.2 Å². The van der Waals surface area contributed by atoms with Crippen molar-refractivity contribution in [3.05, 3.63) is 52.0 Å². The SMILES string of the molecule is Cc1cc(C)c(NS(=O)(=O)c2ccc(Cl)c(N)c2)c(C)c1. The maximum absolute atomic E-state index is 12.4. The van der Waals surface area contributed by atoms with Crippen LogP contribution in [0.3, 0.4) is 0 Å². The molecule has 6 heteroatoms. The van der Waals surface area contributed by atoms with Crippen LogP contribution in [0.25, 0.3) is 0 Å². The van der Waals surface area contributed by atoms with Gasteiger partial charge in [-0.1, -0.05) is 29.3 Å². The van der Waals surface area contributed by atoms with E-state index in [1.807, 2.05) is 32.9 Å². The van der Waals surface area contributed by atoms with Crippen LogP contribution in [0, 0.1) is 20.8 Å². The molecule has 0 amide bonds. The number of nitrogens with one attached hydrogen (secondary N) is 1. The number of aryl methyl sites for hydroxylation is 3. The highest BCUT2D eigenvalue weighted by Crippen LogP contribution is 2.27. The lowest BCUT2D eigenvalue weighted by atomic mass is 10.1. The van der Waals surface area contributed by atoms with E-state index in [1.54, 1.807) is 0 Å². The summed E-state index contributed by atoms with van der Waals surface area (Å²) in [6.45, 7) is 5.71. The minimum atomic E-state index is -3.70. The van der Waals surface area contributed by atoms with Crippen LogP contribution in [0.4, 0.5) is 11.4 Å². The van der Waals surface area contributed by atoms with Gasteiger partial charge in [-0.05, 0) is 50.1 Å². The zero-order valence-electron chi connectivity index (χ0n) is 12.1. The Labute approximate surface area is 130 Å². The van der Waals surface area contributed by atoms with Crippen LogP contribution >= 0.6 is 11.6 Å². The molecule has 4 nitrogen and oxygen atoms in total. The fraction of sp³-hybridized carbons (Fsp3) is 0.200. The number of rotatable bonds is 3. The fourth-order valence-corrected chi connectivity index (χ4v) is 3.58. The van der Waals surface area contributed by atoms with Crippen molar-refractivity contribution < 1.29 is 8.42 Å². The van der Waals surface area contributed by atoms with Gasteiger partial charge in [0, 0.05) is 0 Å². The molecule has 0 atom stereocenters. The Kier molecular flexibility index (Phi) is 4.16. The third-order valence-corrected chi connectivity index (χ3v) is 4.88. The van der Waals surface area contributed by atoms with E-state index in [0.29, 0.717) is 10.7 Å². The highest BCUT2D eigenvalue weighted by atomic mass is 35.5. The van der Waals surface area contributed by atoms with E-state index in [4.69, 9.17) is 17.3 Å². The van der Waals surface area contributed by atoms with Crippen molar-refractivity contribution in [2.75, 3.05) is 10.5 Å². The summed E-state index contributed by atoms with van der Waals surface area (Å²) in [6, 6.07) is 8.12. The molecule has 2 aromatic rings. The van der Waals surface area contributed by atoms with Gasteiger partial charge < -0.3 is 5.73 Å².